The molecule has 2 fully saturated rings. The van der Waals surface area contributed by atoms with Gasteiger partial charge in [0.15, 0.2) is 5.96 Å². The first-order chi connectivity index (χ1) is 11.8. The number of halogens is 1. The van der Waals surface area contributed by atoms with Gasteiger partial charge in [-0.2, -0.15) is 11.8 Å². The zero-order valence-corrected chi connectivity index (χ0v) is 19.2. The van der Waals surface area contributed by atoms with Crippen molar-refractivity contribution in [3.63, 3.8) is 0 Å². The summed E-state index contributed by atoms with van der Waals surface area (Å²) < 4.78 is 0. The molecule has 4 nitrogen and oxygen atoms in total. The number of rotatable bonds is 5. The van der Waals surface area contributed by atoms with Gasteiger partial charge in [0, 0.05) is 36.3 Å². The Morgan fingerprint density at radius 1 is 1.28 bits per heavy atom. The molecule has 0 aliphatic carbocycles. The van der Waals surface area contributed by atoms with Crippen molar-refractivity contribution < 1.29 is 0 Å². The summed E-state index contributed by atoms with van der Waals surface area (Å²) in [6.07, 6.45) is 5.27. The van der Waals surface area contributed by atoms with Crippen LogP contribution in [0.3, 0.4) is 0 Å². The molecule has 2 saturated heterocycles. The number of thiophene rings is 1. The van der Waals surface area contributed by atoms with Gasteiger partial charge in [-0.3, -0.25) is 9.89 Å². The molecule has 1 aromatic heterocycles. The molecule has 2 N–H and O–H groups in total. The van der Waals surface area contributed by atoms with Gasteiger partial charge < -0.3 is 10.6 Å². The highest BCUT2D eigenvalue weighted by Gasteiger charge is 2.31. The second-order valence-corrected chi connectivity index (χ2v) is 9.20. The molecule has 3 atom stereocenters. The average Bonchev–Trinajstić information content (AvgIpc) is 3.29. The van der Waals surface area contributed by atoms with E-state index in [1.165, 1.54) is 42.9 Å². The van der Waals surface area contributed by atoms with Crippen LogP contribution >= 0.6 is 47.1 Å². The molecule has 3 rings (SSSR count). The lowest BCUT2D eigenvalue weighted by atomic mass is 9.88. The maximum absolute atomic E-state index is 4.41. The number of guanidine groups is 1. The van der Waals surface area contributed by atoms with Gasteiger partial charge >= 0.3 is 0 Å². The van der Waals surface area contributed by atoms with Crippen LogP contribution in [-0.4, -0.2) is 55.6 Å². The highest BCUT2D eigenvalue weighted by Crippen LogP contribution is 2.36. The van der Waals surface area contributed by atoms with E-state index in [1.54, 1.807) is 0 Å². The van der Waals surface area contributed by atoms with Crippen LogP contribution in [-0.2, 0) is 0 Å². The number of piperidine rings is 1. The highest BCUT2D eigenvalue weighted by molar-refractivity contribution is 14.0. The molecule has 0 radical (unpaired) electrons. The normalized spacial score (nSPS) is 27.8. The van der Waals surface area contributed by atoms with Crippen molar-refractivity contribution in [3.8, 4) is 0 Å². The SMILES string of the molecule is CN=C(NCC1CCCS1)NCC1CCCN(C)C1c1cccs1.I. The van der Waals surface area contributed by atoms with Gasteiger partial charge in [0.2, 0.25) is 0 Å². The lowest BCUT2D eigenvalue weighted by Crippen LogP contribution is -2.45. The summed E-state index contributed by atoms with van der Waals surface area (Å²) in [4.78, 5) is 8.43. The molecule has 0 bridgehead atoms. The Kier molecular flexibility index (Phi) is 9.37. The van der Waals surface area contributed by atoms with E-state index < -0.39 is 0 Å². The minimum atomic E-state index is 0. The van der Waals surface area contributed by atoms with E-state index in [0.29, 0.717) is 12.0 Å². The summed E-state index contributed by atoms with van der Waals surface area (Å²) in [5, 5.41) is 10.1. The van der Waals surface area contributed by atoms with Crippen LogP contribution in [0, 0.1) is 5.92 Å². The number of nitrogens with zero attached hydrogens (tertiary/aromatic N) is 2. The first-order valence-electron chi connectivity index (χ1n) is 9.07. The third-order valence-electron chi connectivity index (χ3n) is 5.12. The summed E-state index contributed by atoms with van der Waals surface area (Å²) in [7, 11) is 4.14. The van der Waals surface area contributed by atoms with Crippen molar-refractivity contribution in [3.05, 3.63) is 22.4 Å². The van der Waals surface area contributed by atoms with Crippen LogP contribution < -0.4 is 10.6 Å². The quantitative estimate of drug-likeness (QED) is 0.371. The summed E-state index contributed by atoms with van der Waals surface area (Å²) in [5.41, 5.74) is 0. The van der Waals surface area contributed by atoms with Crippen LogP contribution in [0.4, 0.5) is 0 Å². The Bertz CT molecular complexity index is 517. The smallest absolute Gasteiger partial charge is 0.191 e. The third-order valence-corrected chi connectivity index (χ3v) is 7.46. The number of likely N-dealkylation sites (tertiary alicyclic amines) is 1. The molecule has 3 unspecified atom stereocenters. The van der Waals surface area contributed by atoms with Gasteiger partial charge in [-0.15, -0.1) is 35.3 Å². The topological polar surface area (TPSA) is 39.7 Å². The Labute approximate surface area is 177 Å². The molecule has 0 spiro atoms. The van der Waals surface area contributed by atoms with E-state index in [0.717, 1.165) is 24.3 Å². The molecule has 2 aliphatic rings. The monoisotopic (exact) mass is 494 g/mol. The van der Waals surface area contributed by atoms with Gasteiger partial charge in [0.1, 0.15) is 0 Å². The van der Waals surface area contributed by atoms with Crippen LogP contribution in [0.2, 0.25) is 0 Å². The lowest BCUT2D eigenvalue weighted by Gasteiger charge is -2.39. The first-order valence-corrected chi connectivity index (χ1v) is 11.0. The lowest BCUT2D eigenvalue weighted by molar-refractivity contribution is 0.125. The van der Waals surface area contributed by atoms with E-state index >= 15 is 0 Å². The maximum Gasteiger partial charge on any atom is 0.191 e. The second kappa shape index (κ2) is 11.0. The fourth-order valence-electron chi connectivity index (χ4n) is 3.85. The van der Waals surface area contributed by atoms with E-state index in [1.807, 2.05) is 18.4 Å². The average molecular weight is 495 g/mol. The minimum absolute atomic E-state index is 0. The van der Waals surface area contributed by atoms with Gasteiger partial charge in [0.25, 0.3) is 0 Å². The Hall–Kier alpha value is 0.01000. The van der Waals surface area contributed by atoms with E-state index in [4.69, 9.17) is 0 Å². The van der Waals surface area contributed by atoms with Gasteiger partial charge in [-0.1, -0.05) is 6.07 Å². The Balaban J connectivity index is 0.00000225. The predicted molar refractivity (Wildman–Crippen MR) is 123 cm³/mol. The van der Waals surface area contributed by atoms with Crippen molar-refractivity contribution in [1.29, 1.82) is 0 Å². The fourth-order valence-corrected chi connectivity index (χ4v) is 6.03. The molecular formula is C18H31IN4S2. The van der Waals surface area contributed by atoms with Gasteiger partial charge in [-0.25, -0.2) is 0 Å². The number of aliphatic imine (C=N–C) groups is 1. The Morgan fingerprint density at radius 3 is 2.80 bits per heavy atom. The Morgan fingerprint density at radius 2 is 2.12 bits per heavy atom. The molecular weight excluding hydrogens is 463 g/mol. The molecule has 1 aromatic rings. The van der Waals surface area contributed by atoms with Crippen LogP contribution in [0.1, 0.15) is 36.6 Å². The van der Waals surface area contributed by atoms with Crippen LogP contribution in [0.25, 0.3) is 0 Å². The molecule has 25 heavy (non-hydrogen) atoms. The zero-order chi connectivity index (χ0) is 16.8. The maximum atomic E-state index is 4.41. The second-order valence-electron chi connectivity index (χ2n) is 6.81. The van der Waals surface area contributed by atoms with Gasteiger partial charge in [-0.05, 0) is 62.4 Å². The van der Waals surface area contributed by atoms with Crippen molar-refractivity contribution in [2.45, 2.75) is 37.0 Å². The molecule has 2 aliphatic heterocycles. The molecule has 7 heteroatoms. The van der Waals surface area contributed by atoms with Crippen molar-refractivity contribution in [1.82, 2.24) is 15.5 Å². The molecule has 3 heterocycles. The molecule has 142 valence electrons. The van der Waals surface area contributed by atoms with Crippen molar-refractivity contribution in [2.24, 2.45) is 10.9 Å². The van der Waals surface area contributed by atoms with E-state index in [-0.39, 0.29) is 24.0 Å². The summed E-state index contributed by atoms with van der Waals surface area (Å²) in [5.74, 6) is 2.91. The minimum Gasteiger partial charge on any atom is -0.356 e. The van der Waals surface area contributed by atoms with E-state index in [2.05, 4.69) is 56.8 Å². The number of thioether (sulfide) groups is 1. The predicted octanol–water partition coefficient (Wildman–Crippen LogP) is 3.81. The molecule has 0 aromatic carbocycles. The van der Waals surface area contributed by atoms with Gasteiger partial charge in [0.05, 0.1) is 0 Å². The number of hydrogen-bond acceptors (Lipinski definition) is 4. The van der Waals surface area contributed by atoms with Crippen molar-refractivity contribution in [2.75, 3.05) is 39.5 Å². The number of hydrogen-bond donors (Lipinski definition) is 2. The fraction of sp³-hybridized carbons (Fsp3) is 0.722. The highest BCUT2D eigenvalue weighted by atomic mass is 127. The van der Waals surface area contributed by atoms with E-state index in [9.17, 15) is 0 Å². The zero-order valence-electron chi connectivity index (χ0n) is 15.2. The standard InChI is InChI=1S/C18H30N4S2.HI/c1-19-18(21-13-15-7-4-10-23-15)20-12-14-6-3-9-22(2)17(14)16-8-5-11-24-16;/h5,8,11,14-15,17H,3-4,6-7,9-10,12-13H2,1-2H3,(H2,19,20,21);1H. The van der Waals surface area contributed by atoms with Crippen LogP contribution in [0.5, 0.6) is 0 Å². The largest absolute Gasteiger partial charge is 0.356 e. The summed E-state index contributed by atoms with van der Waals surface area (Å²) in [6.45, 7) is 3.22. The summed E-state index contributed by atoms with van der Waals surface area (Å²) >= 11 is 3.98. The summed E-state index contributed by atoms with van der Waals surface area (Å²) in [6, 6.07) is 5.00. The molecule has 0 saturated carbocycles. The van der Waals surface area contributed by atoms with Crippen molar-refractivity contribution >= 4 is 53.0 Å². The first kappa shape index (κ1) is 21.3. The number of nitrogens with one attached hydrogen (secondary N) is 2. The molecule has 0 amide bonds. The van der Waals surface area contributed by atoms with Crippen LogP contribution in [0.15, 0.2) is 22.5 Å². The third kappa shape index (κ3) is 6.01.